The van der Waals surface area contributed by atoms with Gasteiger partial charge in [0.15, 0.2) is 15.0 Å². The zero-order valence-electron chi connectivity index (χ0n) is 14.7. The lowest BCUT2D eigenvalue weighted by atomic mass is 10.2. The van der Waals surface area contributed by atoms with Gasteiger partial charge < -0.3 is 4.90 Å². The van der Waals surface area contributed by atoms with E-state index in [1.807, 2.05) is 13.0 Å². The van der Waals surface area contributed by atoms with Crippen molar-refractivity contribution in [2.75, 3.05) is 23.8 Å². The number of sulfone groups is 1. The summed E-state index contributed by atoms with van der Waals surface area (Å²) in [6.45, 7) is 2.31. The summed E-state index contributed by atoms with van der Waals surface area (Å²) in [5.41, 5.74) is 0.444. The van der Waals surface area contributed by atoms with Crippen molar-refractivity contribution in [3.8, 4) is 0 Å². The van der Waals surface area contributed by atoms with Crippen molar-refractivity contribution in [1.82, 2.24) is 14.5 Å². The number of amides is 1. The molecule has 26 heavy (non-hydrogen) atoms. The minimum atomic E-state index is -3.05. The Labute approximate surface area is 156 Å². The van der Waals surface area contributed by atoms with Crippen LogP contribution in [-0.4, -0.2) is 58.6 Å². The normalized spacial score (nSPS) is 18.9. The summed E-state index contributed by atoms with van der Waals surface area (Å²) in [5, 5.41) is 1.01. The van der Waals surface area contributed by atoms with Crippen LogP contribution in [0.4, 0.5) is 0 Å². The molecule has 7 nitrogen and oxygen atoms in total. The van der Waals surface area contributed by atoms with E-state index in [1.165, 1.54) is 16.3 Å². The van der Waals surface area contributed by atoms with Gasteiger partial charge in [-0.25, -0.2) is 13.4 Å². The second-order valence-corrected chi connectivity index (χ2v) is 9.47. The maximum Gasteiger partial charge on any atom is 0.261 e. The molecule has 0 aliphatic carbocycles. The van der Waals surface area contributed by atoms with Crippen molar-refractivity contribution in [2.45, 2.75) is 24.5 Å². The highest BCUT2D eigenvalue weighted by atomic mass is 32.2. The molecule has 0 radical (unpaired) electrons. The van der Waals surface area contributed by atoms with Crippen molar-refractivity contribution in [1.29, 1.82) is 0 Å². The smallest absolute Gasteiger partial charge is 0.261 e. The third-order valence-electron chi connectivity index (χ3n) is 4.58. The third kappa shape index (κ3) is 3.78. The predicted octanol–water partition coefficient (Wildman–Crippen LogP) is 1.06. The summed E-state index contributed by atoms with van der Waals surface area (Å²) in [6.07, 6.45) is 0.485. The number of thioether (sulfide) groups is 1. The number of hydrogen-bond donors (Lipinski definition) is 0. The standard InChI is InChI=1S/C17H21N3O4S2/c1-3-20(12-8-9-26(23,24)11-12)15(21)10-25-17-18-14-7-5-4-6-13(14)16(22)19(17)2/h4-7,12H,3,8-11H2,1-2H3. The number of fused-ring (bicyclic) bond motifs is 1. The highest BCUT2D eigenvalue weighted by molar-refractivity contribution is 7.99. The van der Waals surface area contributed by atoms with Crippen LogP contribution >= 0.6 is 11.8 Å². The number of carbonyl (C=O) groups is 1. The van der Waals surface area contributed by atoms with Crippen LogP contribution in [0.15, 0.2) is 34.2 Å². The lowest BCUT2D eigenvalue weighted by Gasteiger charge is -2.26. The zero-order valence-corrected chi connectivity index (χ0v) is 16.3. The van der Waals surface area contributed by atoms with Gasteiger partial charge in [-0.2, -0.15) is 0 Å². The van der Waals surface area contributed by atoms with Gasteiger partial charge in [0.25, 0.3) is 5.56 Å². The number of aromatic nitrogens is 2. The Morgan fingerprint density at radius 3 is 2.77 bits per heavy atom. The molecule has 2 heterocycles. The van der Waals surface area contributed by atoms with E-state index in [-0.39, 0.29) is 34.8 Å². The first-order chi connectivity index (χ1) is 12.3. The van der Waals surface area contributed by atoms with Gasteiger partial charge in [0.05, 0.1) is 28.2 Å². The lowest BCUT2D eigenvalue weighted by molar-refractivity contribution is -0.129. The molecule has 1 amide bonds. The molecule has 0 spiro atoms. The van der Waals surface area contributed by atoms with Crippen LogP contribution in [0.1, 0.15) is 13.3 Å². The van der Waals surface area contributed by atoms with Gasteiger partial charge in [-0.05, 0) is 25.5 Å². The fourth-order valence-electron chi connectivity index (χ4n) is 3.20. The molecular formula is C17H21N3O4S2. The average Bonchev–Trinajstić information content (AvgIpc) is 2.97. The Kier molecular flexibility index (Phi) is 5.38. The molecule has 1 aromatic carbocycles. The van der Waals surface area contributed by atoms with Crippen LogP contribution in [-0.2, 0) is 21.7 Å². The van der Waals surface area contributed by atoms with Crippen molar-refractivity contribution >= 4 is 38.4 Å². The number of para-hydroxylation sites is 1. The largest absolute Gasteiger partial charge is 0.338 e. The molecule has 0 N–H and O–H groups in total. The summed E-state index contributed by atoms with van der Waals surface area (Å²) < 4.78 is 24.8. The molecule has 1 atom stereocenters. The first kappa shape index (κ1) is 18.9. The molecule has 2 aromatic rings. The molecule has 1 aliphatic rings. The molecular weight excluding hydrogens is 374 g/mol. The predicted molar refractivity (Wildman–Crippen MR) is 102 cm³/mol. The van der Waals surface area contributed by atoms with Crippen LogP contribution in [0.25, 0.3) is 10.9 Å². The summed E-state index contributed by atoms with van der Waals surface area (Å²) in [6, 6.07) is 6.84. The molecule has 1 saturated heterocycles. The van der Waals surface area contributed by atoms with Crippen molar-refractivity contribution in [3.63, 3.8) is 0 Å². The van der Waals surface area contributed by atoms with Crippen LogP contribution in [0, 0.1) is 0 Å². The maximum absolute atomic E-state index is 12.6. The van der Waals surface area contributed by atoms with E-state index in [2.05, 4.69) is 4.98 Å². The molecule has 3 rings (SSSR count). The van der Waals surface area contributed by atoms with E-state index in [0.717, 1.165) is 0 Å². The van der Waals surface area contributed by atoms with Crippen LogP contribution in [0.3, 0.4) is 0 Å². The molecule has 1 aliphatic heterocycles. The number of benzene rings is 1. The first-order valence-electron chi connectivity index (χ1n) is 8.41. The third-order valence-corrected chi connectivity index (χ3v) is 7.34. The monoisotopic (exact) mass is 395 g/mol. The van der Waals surface area contributed by atoms with Gasteiger partial charge in [0.1, 0.15) is 0 Å². The molecule has 1 aromatic heterocycles. The number of rotatable bonds is 5. The van der Waals surface area contributed by atoms with E-state index in [4.69, 9.17) is 0 Å². The number of hydrogen-bond acceptors (Lipinski definition) is 6. The maximum atomic E-state index is 12.6. The Bertz CT molecular complexity index is 1000. The zero-order chi connectivity index (χ0) is 18.9. The molecule has 1 unspecified atom stereocenters. The molecule has 0 bridgehead atoms. The van der Waals surface area contributed by atoms with Gasteiger partial charge in [-0.15, -0.1) is 0 Å². The second kappa shape index (κ2) is 7.40. The molecule has 140 valence electrons. The molecule has 1 fully saturated rings. The average molecular weight is 396 g/mol. The number of carbonyl (C=O) groups excluding carboxylic acids is 1. The Morgan fingerprint density at radius 1 is 1.38 bits per heavy atom. The summed E-state index contributed by atoms with van der Waals surface area (Å²) in [7, 11) is -1.41. The van der Waals surface area contributed by atoms with Crippen LogP contribution in [0.2, 0.25) is 0 Å². The van der Waals surface area contributed by atoms with Gasteiger partial charge in [0.2, 0.25) is 5.91 Å². The SMILES string of the molecule is CCN(C(=O)CSc1nc2ccccc2c(=O)n1C)C1CCS(=O)(=O)C1. The van der Waals surface area contributed by atoms with E-state index in [9.17, 15) is 18.0 Å². The Hall–Kier alpha value is -1.87. The topological polar surface area (TPSA) is 89.3 Å². The van der Waals surface area contributed by atoms with E-state index >= 15 is 0 Å². The summed E-state index contributed by atoms with van der Waals surface area (Å²) >= 11 is 1.20. The highest BCUT2D eigenvalue weighted by Crippen LogP contribution is 2.21. The summed E-state index contributed by atoms with van der Waals surface area (Å²) in [4.78, 5) is 31.1. The lowest BCUT2D eigenvalue weighted by Crippen LogP contribution is -2.42. The van der Waals surface area contributed by atoms with Crippen LogP contribution in [0.5, 0.6) is 0 Å². The van der Waals surface area contributed by atoms with Gasteiger partial charge in [0, 0.05) is 19.6 Å². The van der Waals surface area contributed by atoms with Gasteiger partial charge in [-0.1, -0.05) is 23.9 Å². The van der Waals surface area contributed by atoms with Gasteiger partial charge >= 0.3 is 0 Å². The van der Waals surface area contributed by atoms with E-state index in [0.29, 0.717) is 29.0 Å². The quantitative estimate of drug-likeness (QED) is 0.556. The van der Waals surface area contributed by atoms with E-state index in [1.54, 1.807) is 30.1 Å². The highest BCUT2D eigenvalue weighted by Gasteiger charge is 2.33. The fraction of sp³-hybridized carbons (Fsp3) is 0.471. The minimum absolute atomic E-state index is 0.0317. The second-order valence-electron chi connectivity index (χ2n) is 6.30. The molecule has 9 heteroatoms. The molecule has 0 saturated carbocycles. The van der Waals surface area contributed by atoms with Gasteiger partial charge in [-0.3, -0.25) is 14.2 Å². The van der Waals surface area contributed by atoms with Crippen molar-refractivity contribution in [3.05, 3.63) is 34.6 Å². The fourth-order valence-corrected chi connectivity index (χ4v) is 5.78. The Morgan fingerprint density at radius 2 is 2.12 bits per heavy atom. The minimum Gasteiger partial charge on any atom is -0.338 e. The number of nitrogens with zero attached hydrogens (tertiary/aromatic N) is 3. The van der Waals surface area contributed by atoms with Crippen molar-refractivity contribution in [2.24, 2.45) is 7.05 Å². The first-order valence-corrected chi connectivity index (χ1v) is 11.2. The Balaban J connectivity index is 1.76. The van der Waals surface area contributed by atoms with Crippen LogP contribution < -0.4 is 5.56 Å². The summed E-state index contributed by atoms with van der Waals surface area (Å²) in [5.74, 6) is 0.143. The van der Waals surface area contributed by atoms with Crippen molar-refractivity contribution < 1.29 is 13.2 Å². The van der Waals surface area contributed by atoms with E-state index < -0.39 is 9.84 Å².